The molecule has 6 nitrogen and oxygen atoms in total. The third-order valence-electron chi connectivity index (χ3n) is 3.97. The second-order valence-corrected chi connectivity index (χ2v) is 6.91. The number of amides is 1. The van der Waals surface area contributed by atoms with Gasteiger partial charge in [-0.25, -0.2) is 0 Å². The van der Waals surface area contributed by atoms with Gasteiger partial charge in [0.1, 0.15) is 5.01 Å². The maximum Gasteiger partial charge on any atom is 0.240 e. The number of hydrogen-bond donors (Lipinski definition) is 1. The summed E-state index contributed by atoms with van der Waals surface area (Å²) >= 11 is 1.40. The van der Waals surface area contributed by atoms with Crippen molar-refractivity contribution in [3.8, 4) is 0 Å². The largest absolute Gasteiger partial charge is 0.369 e. The molecule has 7 heteroatoms. The predicted molar refractivity (Wildman–Crippen MR) is 93.1 cm³/mol. The molecule has 122 valence electrons. The summed E-state index contributed by atoms with van der Waals surface area (Å²) in [5.74, 6) is -0.0227. The van der Waals surface area contributed by atoms with Crippen molar-refractivity contribution in [2.75, 3.05) is 42.9 Å². The summed E-state index contributed by atoms with van der Waals surface area (Å²) in [5, 5.41) is 12.1. The third kappa shape index (κ3) is 4.05. The molecule has 0 aliphatic carbocycles. The molecule has 23 heavy (non-hydrogen) atoms. The number of para-hydroxylation sites is 1. The highest BCUT2D eigenvalue weighted by Crippen LogP contribution is 2.20. The minimum absolute atomic E-state index is 0.0227. The normalized spacial score (nSPS) is 15.7. The molecule has 0 bridgehead atoms. The number of anilines is 2. The van der Waals surface area contributed by atoms with Crippen LogP contribution >= 0.6 is 11.3 Å². The number of hydrogen-bond acceptors (Lipinski definition) is 6. The second kappa shape index (κ2) is 7.06. The lowest BCUT2D eigenvalue weighted by Gasteiger charge is -2.36. The van der Waals surface area contributed by atoms with Crippen LogP contribution in [0.1, 0.15) is 10.6 Å². The Morgan fingerprint density at radius 1 is 1.17 bits per heavy atom. The van der Waals surface area contributed by atoms with Gasteiger partial charge in [-0.3, -0.25) is 15.0 Å². The topological polar surface area (TPSA) is 61.4 Å². The van der Waals surface area contributed by atoms with Crippen molar-refractivity contribution < 1.29 is 4.79 Å². The van der Waals surface area contributed by atoms with Crippen molar-refractivity contribution in [2.45, 2.75) is 13.8 Å². The summed E-state index contributed by atoms with van der Waals surface area (Å²) in [5.41, 5.74) is 2.59. The molecule has 1 fully saturated rings. The van der Waals surface area contributed by atoms with Gasteiger partial charge in [-0.15, -0.1) is 10.2 Å². The second-order valence-electron chi connectivity index (χ2n) is 5.72. The van der Waals surface area contributed by atoms with E-state index in [2.05, 4.69) is 56.5 Å². The zero-order valence-corrected chi connectivity index (χ0v) is 14.3. The van der Waals surface area contributed by atoms with Crippen molar-refractivity contribution in [3.63, 3.8) is 0 Å². The summed E-state index contributed by atoms with van der Waals surface area (Å²) < 4.78 is 0. The van der Waals surface area contributed by atoms with Gasteiger partial charge in [0.05, 0.1) is 6.54 Å². The summed E-state index contributed by atoms with van der Waals surface area (Å²) in [6.45, 7) is 8.07. The lowest BCUT2D eigenvalue weighted by atomic mass is 10.1. The summed E-state index contributed by atoms with van der Waals surface area (Å²) in [4.78, 5) is 16.6. The number of aryl methyl sites for hydroxylation is 2. The molecule has 1 aliphatic rings. The van der Waals surface area contributed by atoms with Crippen LogP contribution in [0.25, 0.3) is 0 Å². The van der Waals surface area contributed by atoms with E-state index in [1.165, 1.54) is 22.6 Å². The van der Waals surface area contributed by atoms with Crippen LogP contribution in [0.3, 0.4) is 0 Å². The number of rotatable bonds is 4. The number of carbonyl (C=O) groups is 1. The van der Waals surface area contributed by atoms with E-state index < -0.39 is 0 Å². The van der Waals surface area contributed by atoms with E-state index in [-0.39, 0.29) is 5.91 Å². The summed E-state index contributed by atoms with van der Waals surface area (Å²) in [6.07, 6.45) is 0. The Hall–Kier alpha value is -1.99. The smallest absolute Gasteiger partial charge is 0.240 e. The van der Waals surface area contributed by atoms with Gasteiger partial charge in [-0.05, 0) is 25.5 Å². The molecule has 1 aromatic heterocycles. The van der Waals surface area contributed by atoms with Crippen molar-refractivity contribution in [2.24, 2.45) is 0 Å². The van der Waals surface area contributed by atoms with Crippen LogP contribution in [-0.2, 0) is 4.79 Å². The van der Waals surface area contributed by atoms with Crippen molar-refractivity contribution in [3.05, 3.63) is 34.8 Å². The molecule has 0 saturated carbocycles. The molecule has 0 spiro atoms. The summed E-state index contributed by atoms with van der Waals surface area (Å²) in [6, 6.07) is 8.44. The fraction of sp³-hybridized carbons (Fsp3) is 0.438. The van der Waals surface area contributed by atoms with Gasteiger partial charge >= 0.3 is 0 Å². The molecule has 0 unspecified atom stereocenters. The van der Waals surface area contributed by atoms with E-state index in [9.17, 15) is 4.79 Å². The Labute approximate surface area is 140 Å². The molecular formula is C16H21N5OS. The minimum atomic E-state index is -0.0227. The zero-order chi connectivity index (χ0) is 16.2. The summed E-state index contributed by atoms with van der Waals surface area (Å²) in [7, 11) is 0. The first-order valence-electron chi connectivity index (χ1n) is 7.75. The van der Waals surface area contributed by atoms with Crippen LogP contribution in [0.15, 0.2) is 24.3 Å². The Morgan fingerprint density at radius 2 is 1.91 bits per heavy atom. The Morgan fingerprint density at radius 3 is 2.57 bits per heavy atom. The Kier molecular flexibility index (Phi) is 4.88. The van der Waals surface area contributed by atoms with Crippen LogP contribution in [-0.4, -0.2) is 53.7 Å². The quantitative estimate of drug-likeness (QED) is 0.927. The molecule has 1 amide bonds. The Bertz CT molecular complexity index is 679. The van der Waals surface area contributed by atoms with Gasteiger partial charge in [-0.1, -0.05) is 29.5 Å². The van der Waals surface area contributed by atoms with Crippen LogP contribution in [0.2, 0.25) is 0 Å². The fourth-order valence-corrected chi connectivity index (χ4v) is 3.38. The molecular weight excluding hydrogens is 310 g/mol. The Balaban J connectivity index is 1.49. The van der Waals surface area contributed by atoms with Gasteiger partial charge in [0, 0.05) is 31.9 Å². The predicted octanol–water partition coefficient (Wildman–Crippen LogP) is 1.92. The number of nitrogens with zero attached hydrogens (tertiary/aromatic N) is 4. The van der Waals surface area contributed by atoms with E-state index in [0.717, 1.165) is 31.2 Å². The van der Waals surface area contributed by atoms with Gasteiger partial charge < -0.3 is 4.90 Å². The van der Waals surface area contributed by atoms with Crippen LogP contribution in [0.4, 0.5) is 10.8 Å². The van der Waals surface area contributed by atoms with Gasteiger partial charge in [-0.2, -0.15) is 0 Å². The molecule has 1 saturated heterocycles. The molecule has 0 atom stereocenters. The molecule has 1 N–H and O–H groups in total. The van der Waals surface area contributed by atoms with Gasteiger partial charge in [0.2, 0.25) is 11.0 Å². The average molecular weight is 331 g/mol. The van der Waals surface area contributed by atoms with Crippen LogP contribution in [0.5, 0.6) is 0 Å². The van der Waals surface area contributed by atoms with Crippen LogP contribution in [0, 0.1) is 13.8 Å². The first kappa shape index (κ1) is 15.9. The van der Waals surface area contributed by atoms with Crippen molar-refractivity contribution >= 4 is 28.1 Å². The lowest BCUT2D eigenvalue weighted by molar-refractivity contribution is -0.117. The van der Waals surface area contributed by atoms with Gasteiger partial charge in [0.15, 0.2) is 0 Å². The maximum absolute atomic E-state index is 12.1. The van der Waals surface area contributed by atoms with E-state index in [4.69, 9.17) is 0 Å². The van der Waals surface area contributed by atoms with Gasteiger partial charge in [0.25, 0.3) is 0 Å². The molecule has 0 radical (unpaired) electrons. The minimum Gasteiger partial charge on any atom is -0.369 e. The molecule has 2 aromatic rings. The fourth-order valence-electron chi connectivity index (χ4n) is 2.77. The van der Waals surface area contributed by atoms with Crippen molar-refractivity contribution in [1.29, 1.82) is 0 Å². The highest BCUT2D eigenvalue weighted by atomic mass is 32.1. The first-order chi connectivity index (χ1) is 11.1. The number of carbonyl (C=O) groups excluding carboxylic acids is 1. The lowest BCUT2D eigenvalue weighted by Crippen LogP contribution is -2.48. The monoisotopic (exact) mass is 331 g/mol. The number of piperazine rings is 1. The van der Waals surface area contributed by atoms with Crippen molar-refractivity contribution in [1.82, 2.24) is 15.1 Å². The van der Waals surface area contributed by atoms with Crippen LogP contribution < -0.4 is 10.2 Å². The average Bonchev–Trinajstić information content (AvgIpc) is 2.93. The van der Waals surface area contributed by atoms with E-state index in [0.29, 0.717) is 11.7 Å². The molecule has 2 heterocycles. The zero-order valence-electron chi connectivity index (χ0n) is 13.5. The molecule has 1 aliphatic heterocycles. The van der Waals surface area contributed by atoms with E-state index in [1.807, 2.05) is 6.92 Å². The number of benzene rings is 1. The number of nitrogens with one attached hydrogen (secondary N) is 1. The number of aromatic nitrogens is 2. The first-order valence-corrected chi connectivity index (χ1v) is 8.56. The highest BCUT2D eigenvalue weighted by molar-refractivity contribution is 7.15. The highest BCUT2D eigenvalue weighted by Gasteiger charge is 2.20. The SMILES string of the molecule is Cc1nnc(NC(=O)CN2CCN(c3ccccc3C)CC2)s1. The molecule has 3 rings (SSSR count). The van der Waals surface area contributed by atoms with E-state index >= 15 is 0 Å². The molecule has 1 aromatic carbocycles. The maximum atomic E-state index is 12.1. The third-order valence-corrected chi connectivity index (χ3v) is 4.72. The standard InChI is InChI=1S/C16H21N5OS/c1-12-5-3-4-6-14(12)21-9-7-20(8-10-21)11-15(22)17-16-19-18-13(2)23-16/h3-6H,7-11H2,1-2H3,(H,17,19,22). The van der Waals surface area contributed by atoms with E-state index in [1.54, 1.807) is 0 Å².